The summed E-state index contributed by atoms with van der Waals surface area (Å²) in [6.45, 7) is 0. The van der Waals surface area contributed by atoms with E-state index in [-0.39, 0.29) is 6.42 Å². The Hall–Kier alpha value is -0.610. The molecule has 0 atom stereocenters. The van der Waals surface area contributed by atoms with Gasteiger partial charge in [-0.25, -0.2) is 0 Å². The second-order valence-corrected chi connectivity index (χ2v) is 4.72. The standard InChI is InChI=1S/C10H12O2S2/c1-13-8-2-4-9(5-3-8)14-7-6-10(11)12/h2-5H,6-7H2,1H3,(H,11,12). The van der Waals surface area contributed by atoms with Crippen molar-refractivity contribution >= 4 is 29.5 Å². The van der Waals surface area contributed by atoms with Crippen LogP contribution in [0.3, 0.4) is 0 Å². The smallest absolute Gasteiger partial charge is 0.304 e. The Balaban J connectivity index is 2.40. The maximum absolute atomic E-state index is 10.3. The molecule has 0 aromatic heterocycles. The van der Waals surface area contributed by atoms with E-state index in [0.717, 1.165) is 4.90 Å². The van der Waals surface area contributed by atoms with Crippen LogP contribution in [0.5, 0.6) is 0 Å². The van der Waals surface area contributed by atoms with Gasteiger partial charge in [-0.05, 0) is 30.5 Å². The van der Waals surface area contributed by atoms with Crippen LogP contribution in [0, 0.1) is 0 Å². The third-order valence-corrected chi connectivity index (χ3v) is 3.40. The van der Waals surface area contributed by atoms with Gasteiger partial charge in [0, 0.05) is 15.5 Å². The van der Waals surface area contributed by atoms with Gasteiger partial charge >= 0.3 is 5.97 Å². The number of carboxylic acids is 1. The number of rotatable bonds is 5. The highest BCUT2D eigenvalue weighted by Gasteiger charge is 1.98. The maximum Gasteiger partial charge on any atom is 0.304 e. The molecule has 0 saturated heterocycles. The fourth-order valence-electron chi connectivity index (χ4n) is 0.928. The Morgan fingerprint density at radius 1 is 1.29 bits per heavy atom. The molecule has 14 heavy (non-hydrogen) atoms. The Kier molecular flexibility index (Phi) is 4.90. The molecule has 0 aliphatic rings. The summed E-state index contributed by atoms with van der Waals surface area (Å²) < 4.78 is 0. The van der Waals surface area contributed by atoms with Gasteiger partial charge in [-0.15, -0.1) is 23.5 Å². The minimum atomic E-state index is -0.738. The van der Waals surface area contributed by atoms with Gasteiger partial charge in [-0.1, -0.05) is 0 Å². The van der Waals surface area contributed by atoms with E-state index in [2.05, 4.69) is 0 Å². The molecule has 2 nitrogen and oxygen atoms in total. The molecule has 0 radical (unpaired) electrons. The first-order valence-corrected chi connectivity index (χ1v) is 6.42. The van der Waals surface area contributed by atoms with Crippen LogP contribution in [0.15, 0.2) is 34.1 Å². The summed E-state index contributed by atoms with van der Waals surface area (Å²) in [6, 6.07) is 8.15. The first-order valence-electron chi connectivity index (χ1n) is 4.21. The monoisotopic (exact) mass is 228 g/mol. The van der Waals surface area contributed by atoms with Crippen LogP contribution in [0.1, 0.15) is 6.42 Å². The summed E-state index contributed by atoms with van der Waals surface area (Å²) in [6.07, 6.45) is 2.25. The van der Waals surface area contributed by atoms with E-state index in [4.69, 9.17) is 5.11 Å². The van der Waals surface area contributed by atoms with Crippen LogP contribution in [0.4, 0.5) is 0 Å². The summed E-state index contributed by atoms with van der Waals surface area (Å²) in [5, 5.41) is 8.46. The van der Waals surface area contributed by atoms with Crippen LogP contribution in [0.25, 0.3) is 0 Å². The SMILES string of the molecule is CSc1ccc(SCCC(=O)O)cc1. The van der Waals surface area contributed by atoms with Crippen molar-refractivity contribution < 1.29 is 9.90 Å². The molecule has 0 amide bonds. The lowest BCUT2D eigenvalue weighted by molar-refractivity contribution is -0.136. The van der Waals surface area contributed by atoms with E-state index in [0.29, 0.717) is 5.75 Å². The Morgan fingerprint density at radius 2 is 1.86 bits per heavy atom. The average molecular weight is 228 g/mol. The summed E-state index contributed by atoms with van der Waals surface area (Å²) in [5.74, 6) is -0.105. The zero-order valence-electron chi connectivity index (χ0n) is 7.90. The van der Waals surface area contributed by atoms with E-state index < -0.39 is 5.97 Å². The summed E-state index contributed by atoms with van der Waals surface area (Å²) in [4.78, 5) is 12.6. The number of benzene rings is 1. The normalized spacial score (nSPS) is 10.1. The van der Waals surface area contributed by atoms with Gasteiger partial charge in [-0.2, -0.15) is 0 Å². The van der Waals surface area contributed by atoms with Gasteiger partial charge < -0.3 is 5.11 Å². The molecule has 1 aromatic carbocycles. The fraction of sp³-hybridized carbons (Fsp3) is 0.300. The van der Waals surface area contributed by atoms with Gasteiger partial charge in [0.2, 0.25) is 0 Å². The minimum absolute atomic E-state index is 0.217. The lowest BCUT2D eigenvalue weighted by Gasteiger charge is -2.00. The Labute approximate surface area is 92.1 Å². The van der Waals surface area contributed by atoms with E-state index in [1.165, 1.54) is 4.90 Å². The minimum Gasteiger partial charge on any atom is -0.481 e. The van der Waals surface area contributed by atoms with E-state index in [1.54, 1.807) is 23.5 Å². The van der Waals surface area contributed by atoms with Gasteiger partial charge in [0.05, 0.1) is 6.42 Å². The molecule has 1 rings (SSSR count). The number of hydrogen-bond acceptors (Lipinski definition) is 3. The lowest BCUT2D eigenvalue weighted by atomic mass is 10.4. The van der Waals surface area contributed by atoms with Crippen molar-refractivity contribution in [1.29, 1.82) is 0 Å². The first kappa shape index (κ1) is 11.5. The molecule has 1 N–H and O–H groups in total. The molecule has 1 aromatic rings. The summed E-state index contributed by atoms with van der Waals surface area (Å²) in [7, 11) is 0. The third kappa shape index (κ3) is 4.07. The van der Waals surface area contributed by atoms with Crippen molar-refractivity contribution in [2.75, 3.05) is 12.0 Å². The molecular formula is C10H12O2S2. The second kappa shape index (κ2) is 5.98. The van der Waals surface area contributed by atoms with Crippen LogP contribution < -0.4 is 0 Å². The predicted molar refractivity (Wildman–Crippen MR) is 61.2 cm³/mol. The van der Waals surface area contributed by atoms with Crippen molar-refractivity contribution in [2.45, 2.75) is 16.2 Å². The van der Waals surface area contributed by atoms with Gasteiger partial charge in [0.1, 0.15) is 0 Å². The van der Waals surface area contributed by atoms with Crippen molar-refractivity contribution in [3.05, 3.63) is 24.3 Å². The lowest BCUT2D eigenvalue weighted by Crippen LogP contribution is -1.95. The number of carboxylic acid groups (broad SMARTS) is 1. The summed E-state index contributed by atoms with van der Waals surface area (Å²) >= 11 is 3.28. The van der Waals surface area contributed by atoms with Crippen molar-refractivity contribution in [3.63, 3.8) is 0 Å². The maximum atomic E-state index is 10.3. The first-order chi connectivity index (χ1) is 6.72. The molecule has 0 spiro atoms. The fourth-order valence-corrected chi connectivity index (χ4v) is 2.18. The quantitative estimate of drug-likeness (QED) is 0.786. The molecule has 0 heterocycles. The number of thioether (sulfide) groups is 2. The highest BCUT2D eigenvalue weighted by atomic mass is 32.2. The largest absolute Gasteiger partial charge is 0.481 e. The second-order valence-electron chi connectivity index (χ2n) is 2.67. The topological polar surface area (TPSA) is 37.3 Å². The van der Waals surface area contributed by atoms with Crippen LogP contribution in [-0.4, -0.2) is 23.1 Å². The average Bonchev–Trinajstić information content (AvgIpc) is 2.18. The molecule has 0 saturated carbocycles. The predicted octanol–water partition coefficient (Wildman–Crippen LogP) is 2.98. The zero-order chi connectivity index (χ0) is 10.4. The number of aliphatic carboxylic acids is 1. The van der Waals surface area contributed by atoms with E-state index in [9.17, 15) is 4.79 Å². The molecule has 0 aliphatic heterocycles. The van der Waals surface area contributed by atoms with Crippen molar-refractivity contribution in [3.8, 4) is 0 Å². The molecular weight excluding hydrogens is 216 g/mol. The van der Waals surface area contributed by atoms with Crippen molar-refractivity contribution in [2.24, 2.45) is 0 Å². The molecule has 0 bridgehead atoms. The number of carbonyl (C=O) groups is 1. The highest BCUT2D eigenvalue weighted by Crippen LogP contribution is 2.22. The van der Waals surface area contributed by atoms with Crippen LogP contribution in [-0.2, 0) is 4.79 Å². The van der Waals surface area contributed by atoms with Gasteiger partial charge in [-0.3, -0.25) is 4.79 Å². The zero-order valence-corrected chi connectivity index (χ0v) is 9.53. The Morgan fingerprint density at radius 3 is 2.36 bits per heavy atom. The van der Waals surface area contributed by atoms with Gasteiger partial charge in [0.25, 0.3) is 0 Å². The number of hydrogen-bond donors (Lipinski definition) is 1. The molecule has 0 aliphatic carbocycles. The van der Waals surface area contributed by atoms with E-state index in [1.807, 2.05) is 30.5 Å². The summed E-state index contributed by atoms with van der Waals surface area (Å²) in [5.41, 5.74) is 0. The van der Waals surface area contributed by atoms with Gasteiger partial charge in [0.15, 0.2) is 0 Å². The molecule has 0 unspecified atom stereocenters. The molecule has 4 heteroatoms. The molecule has 76 valence electrons. The third-order valence-electron chi connectivity index (χ3n) is 1.64. The highest BCUT2D eigenvalue weighted by molar-refractivity contribution is 7.99. The molecule has 0 fully saturated rings. The van der Waals surface area contributed by atoms with E-state index >= 15 is 0 Å². The van der Waals surface area contributed by atoms with Crippen LogP contribution in [0.2, 0.25) is 0 Å². The Bertz CT molecular complexity index is 295. The van der Waals surface area contributed by atoms with Crippen LogP contribution >= 0.6 is 23.5 Å². The van der Waals surface area contributed by atoms with Crippen molar-refractivity contribution in [1.82, 2.24) is 0 Å².